The summed E-state index contributed by atoms with van der Waals surface area (Å²) in [4.78, 5) is 0. The Hall–Kier alpha value is -2.57. The number of nitrogens with zero attached hydrogens (tertiary/aromatic N) is 1. The zero-order valence-electron chi connectivity index (χ0n) is 14.3. The van der Waals surface area contributed by atoms with E-state index in [9.17, 15) is 0 Å². The van der Waals surface area contributed by atoms with Crippen molar-refractivity contribution in [2.45, 2.75) is 6.54 Å². The molecule has 1 aromatic heterocycles. The van der Waals surface area contributed by atoms with Gasteiger partial charge in [-0.2, -0.15) is 5.10 Å². The van der Waals surface area contributed by atoms with Crippen molar-refractivity contribution in [3.05, 3.63) is 52.1 Å². The summed E-state index contributed by atoms with van der Waals surface area (Å²) in [5.41, 5.74) is 9.67. The minimum Gasteiger partial charge on any atom is -0.495 e. The average molecular weight is 393 g/mol. The van der Waals surface area contributed by atoms with Crippen LogP contribution in [-0.2, 0) is 6.54 Å². The number of nitrogens with one attached hydrogen (secondary N) is 2. The molecule has 0 aliphatic heterocycles. The van der Waals surface area contributed by atoms with Crippen LogP contribution >= 0.6 is 23.2 Å². The molecule has 0 bridgehead atoms. The maximum absolute atomic E-state index is 6.36. The monoisotopic (exact) mass is 392 g/mol. The molecule has 0 saturated heterocycles. The number of aromatic amines is 1. The summed E-state index contributed by atoms with van der Waals surface area (Å²) in [6.07, 6.45) is 0. The zero-order valence-corrected chi connectivity index (χ0v) is 15.8. The minimum atomic E-state index is 0.380. The summed E-state index contributed by atoms with van der Waals surface area (Å²) < 4.78 is 10.5. The molecule has 0 amide bonds. The van der Waals surface area contributed by atoms with Crippen LogP contribution in [0, 0.1) is 0 Å². The van der Waals surface area contributed by atoms with Crippen LogP contribution in [0.4, 0.5) is 11.4 Å². The van der Waals surface area contributed by atoms with Gasteiger partial charge in [0.2, 0.25) is 0 Å². The fourth-order valence-electron chi connectivity index (χ4n) is 2.54. The quantitative estimate of drug-likeness (QED) is 0.533. The lowest BCUT2D eigenvalue weighted by Gasteiger charge is -2.15. The first-order valence-corrected chi connectivity index (χ1v) is 8.53. The van der Waals surface area contributed by atoms with E-state index in [2.05, 4.69) is 15.5 Å². The molecule has 136 valence electrons. The molecule has 0 atom stereocenters. The Labute approximate surface area is 161 Å². The normalized spacial score (nSPS) is 10.6. The zero-order chi connectivity index (χ0) is 18.7. The Morgan fingerprint density at radius 1 is 1.08 bits per heavy atom. The van der Waals surface area contributed by atoms with E-state index in [4.69, 9.17) is 38.4 Å². The summed E-state index contributed by atoms with van der Waals surface area (Å²) in [5.74, 6) is 0.940. The number of nitrogen functional groups attached to an aromatic ring is 1. The molecule has 0 aliphatic carbocycles. The third-order valence-corrected chi connectivity index (χ3v) is 4.65. The molecular weight excluding hydrogens is 375 g/mol. The second-order valence-electron chi connectivity index (χ2n) is 5.50. The number of para-hydroxylation sites is 1. The SMILES string of the molecule is COc1cc(OC)c(Cl)c(NCc2cc(-c3ccccc3N)n[nH]2)c1Cl. The third kappa shape index (κ3) is 3.52. The number of methoxy groups -OCH3 is 2. The van der Waals surface area contributed by atoms with Gasteiger partial charge in [-0.05, 0) is 12.1 Å². The molecule has 8 heteroatoms. The first-order chi connectivity index (χ1) is 12.5. The fourth-order valence-corrected chi connectivity index (χ4v) is 3.18. The summed E-state index contributed by atoms with van der Waals surface area (Å²) >= 11 is 12.7. The molecule has 0 radical (unpaired) electrons. The lowest BCUT2D eigenvalue weighted by Crippen LogP contribution is -2.03. The summed E-state index contributed by atoms with van der Waals surface area (Å²) in [7, 11) is 3.06. The predicted molar refractivity (Wildman–Crippen MR) is 105 cm³/mol. The molecule has 6 nitrogen and oxygen atoms in total. The molecule has 0 saturated carbocycles. The summed E-state index contributed by atoms with van der Waals surface area (Å²) in [6, 6.07) is 11.1. The molecule has 0 fully saturated rings. The van der Waals surface area contributed by atoms with Crippen molar-refractivity contribution in [2.24, 2.45) is 0 Å². The minimum absolute atomic E-state index is 0.380. The van der Waals surface area contributed by atoms with E-state index in [0.717, 1.165) is 17.0 Å². The van der Waals surface area contributed by atoms with Crippen LogP contribution in [0.3, 0.4) is 0 Å². The number of halogens is 2. The highest BCUT2D eigenvalue weighted by atomic mass is 35.5. The predicted octanol–water partition coefficient (Wildman–Crippen LogP) is 4.60. The van der Waals surface area contributed by atoms with Crippen molar-refractivity contribution < 1.29 is 9.47 Å². The Morgan fingerprint density at radius 3 is 2.35 bits per heavy atom. The second-order valence-corrected chi connectivity index (χ2v) is 6.26. The molecule has 3 rings (SSSR count). The van der Waals surface area contributed by atoms with Gasteiger partial charge in [0.05, 0.1) is 37.8 Å². The first-order valence-electron chi connectivity index (χ1n) is 7.78. The van der Waals surface area contributed by atoms with Gasteiger partial charge in [0.15, 0.2) is 0 Å². The fraction of sp³-hybridized carbons (Fsp3) is 0.167. The summed E-state index contributed by atoms with van der Waals surface area (Å²) in [5, 5.41) is 11.3. The van der Waals surface area contributed by atoms with Crippen LogP contribution in [0.5, 0.6) is 11.5 Å². The maximum Gasteiger partial charge on any atom is 0.143 e. The van der Waals surface area contributed by atoms with E-state index < -0.39 is 0 Å². The number of hydrogen-bond acceptors (Lipinski definition) is 5. The van der Waals surface area contributed by atoms with Gasteiger partial charge in [-0.3, -0.25) is 5.10 Å². The van der Waals surface area contributed by atoms with Gasteiger partial charge in [0.25, 0.3) is 0 Å². The van der Waals surface area contributed by atoms with E-state index in [0.29, 0.717) is 39.5 Å². The highest BCUT2D eigenvalue weighted by Crippen LogP contribution is 2.44. The van der Waals surface area contributed by atoms with Crippen molar-refractivity contribution >= 4 is 34.6 Å². The number of benzene rings is 2. The number of hydrogen-bond donors (Lipinski definition) is 3. The van der Waals surface area contributed by atoms with Gasteiger partial charge in [-0.25, -0.2) is 0 Å². The standard InChI is InChI=1S/C18H18Cl2N4O2/c1-25-14-8-15(26-2)17(20)18(16(14)19)22-9-10-7-13(24-23-10)11-5-3-4-6-12(11)21/h3-8,22H,9,21H2,1-2H3,(H,23,24). The van der Waals surface area contributed by atoms with E-state index in [1.165, 1.54) is 14.2 Å². The van der Waals surface area contributed by atoms with Crippen LogP contribution in [0.2, 0.25) is 10.0 Å². The number of rotatable bonds is 6. The smallest absolute Gasteiger partial charge is 0.143 e. The molecule has 2 aromatic carbocycles. The Kier molecular flexibility index (Phi) is 5.44. The molecule has 4 N–H and O–H groups in total. The number of aromatic nitrogens is 2. The lowest BCUT2D eigenvalue weighted by atomic mass is 10.1. The van der Waals surface area contributed by atoms with Crippen LogP contribution in [0.15, 0.2) is 36.4 Å². The van der Waals surface area contributed by atoms with Gasteiger partial charge < -0.3 is 20.5 Å². The van der Waals surface area contributed by atoms with Gasteiger partial charge in [0, 0.05) is 17.3 Å². The lowest BCUT2D eigenvalue weighted by molar-refractivity contribution is 0.395. The first kappa shape index (κ1) is 18.2. The van der Waals surface area contributed by atoms with Gasteiger partial charge in [-0.1, -0.05) is 41.4 Å². The van der Waals surface area contributed by atoms with Crippen LogP contribution < -0.4 is 20.5 Å². The van der Waals surface area contributed by atoms with E-state index >= 15 is 0 Å². The van der Waals surface area contributed by atoms with Crippen molar-refractivity contribution in [2.75, 3.05) is 25.3 Å². The Morgan fingerprint density at radius 2 is 1.73 bits per heavy atom. The summed E-state index contributed by atoms with van der Waals surface area (Å²) in [6.45, 7) is 0.426. The third-order valence-electron chi connectivity index (χ3n) is 3.90. The highest BCUT2D eigenvalue weighted by molar-refractivity contribution is 6.41. The van der Waals surface area contributed by atoms with Gasteiger partial charge in [0.1, 0.15) is 21.5 Å². The van der Waals surface area contributed by atoms with Gasteiger partial charge in [-0.15, -0.1) is 0 Å². The second kappa shape index (κ2) is 7.76. The topological polar surface area (TPSA) is 85.2 Å². The van der Waals surface area contributed by atoms with Crippen molar-refractivity contribution in [1.82, 2.24) is 10.2 Å². The average Bonchev–Trinajstić information content (AvgIpc) is 3.11. The van der Waals surface area contributed by atoms with Crippen LogP contribution in [-0.4, -0.2) is 24.4 Å². The van der Waals surface area contributed by atoms with E-state index in [1.807, 2.05) is 30.3 Å². The number of anilines is 2. The Bertz CT molecular complexity index is 899. The Balaban J connectivity index is 1.83. The molecule has 0 unspecified atom stereocenters. The van der Waals surface area contributed by atoms with Crippen LogP contribution in [0.25, 0.3) is 11.3 Å². The largest absolute Gasteiger partial charge is 0.495 e. The molecule has 0 aliphatic rings. The molecule has 26 heavy (non-hydrogen) atoms. The van der Waals surface area contributed by atoms with E-state index in [-0.39, 0.29) is 0 Å². The van der Waals surface area contributed by atoms with Crippen LogP contribution in [0.1, 0.15) is 5.69 Å². The van der Waals surface area contributed by atoms with Crippen molar-refractivity contribution in [3.8, 4) is 22.8 Å². The van der Waals surface area contributed by atoms with Crippen molar-refractivity contribution in [1.29, 1.82) is 0 Å². The molecule has 3 aromatic rings. The molecule has 1 heterocycles. The van der Waals surface area contributed by atoms with Crippen molar-refractivity contribution in [3.63, 3.8) is 0 Å². The maximum atomic E-state index is 6.36. The number of ether oxygens (including phenoxy) is 2. The van der Waals surface area contributed by atoms with E-state index in [1.54, 1.807) is 6.07 Å². The highest BCUT2D eigenvalue weighted by Gasteiger charge is 2.17. The number of nitrogens with two attached hydrogens (primary N) is 1. The molecular formula is C18H18Cl2N4O2. The number of H-pyrrole nitrogens is 1. The van der Waals surface area contributed by atoms with Gasteiger partial charge >= 0.3 is 0 Å². The molecule has 0 spiro atoms.